The van der Waals surface area contributed by atoms with Gasteiger partial charge in [0, 0.05) is 24.1 Å². The van der Waals surface area contributed by atoms with Gasteiger partial charge in [-0.3, -0.25) is 18.9 Å². The first-order valence-electron chi connectivity index (χ1n) is 10.2. The number of aliphatic hydroxyl groups is 1. The number of hydrogen-bond donors (Lipinski definition) is 3. The van der Waals surface area contributed by atoms with Crippen LogP contribution in [0.25, 0.3) is 0 Å². The molecule has 2 amide bonds. The maximum absolute atomic E-state index is 14.0. The molecule has 2 unspecified atom stereocenters. The van der Waals surface area contributed by atoms with Gasteiger partial charge in [0.25, 0.3) is 11.8 Å². The summed E-state index contributed by atoms with van der Waals surface area (Å²) in [7, 11) is 4.78. The second-order valence-corrected chi connectivity index (χ2v) is 8.84. The molecule has 0 bridgehead atoms. The summed E-state index contributed by atoms with van der Waals surface area (Å²) in [6, 6.07) is 9.17. The predicted molar refractivity (Wildman–Crippen MR) is 119 cm³/mol. The SMILES string of the molecule is CNC(=O)[C@@H]1C[C@@H](O)C[N+]1(C)C1(c2cc(C=O)ccc2OC)C(=O)Nc2ccc(Cl)cc21. The van der Waals surface area contributed by atoms with Crippen LogP contribution in [0.3, 0.4) is 0 Å². The summed E-state index contributed by atoms with van der Waals surface area (Å²) >= 11 is 6.36. The van der Waals surface area contributed by atoms with Crippen LogP contribution in [0.2, 0.25) is 5.02 Å². The van der Waals surface area contributed by atoms with Crippen molar-refractivity contribution in [2.75, 3.05) is 33.1 Å². The summed E-state index contributed by atoms with van der Waals surface area (Å²) in [4.78, 5) is 38.6. The number of benzene rings is 2. The molecule has 2 aliphatic heterocycles. The molecule has 168 valence electrons. The van der Waals surface area contributed by atoms with Gasteiger partial charge in [-0.2, -0.15) is 0 Å². The van der Waals surface area contributed by atoms with Gasteiger partial charge in [-0.05, 0) is 36.4 Å². The topological polar surface area (TPSA) is 105 Å². The third-order valence-corrected chi connectivity index (χ3v) is 7.02. The van der Waals surface area contributed by atoms with E-state index < -0.39 is 17.7 Å². The molecule has 2 aliphatic rings. The van der Waals surface area contributed by atoms with Gasteiger partial charge in [-0.1, -0.05) is 11.6 Å². The van der Waals surface area contributed by atoms with Crippen molar-refractivity contribution in [1.82, 2.24) is 5.32 Å². The summed E-state index contributed by atoms with van der Waals surface area (Å²) in [5.74, 6) is -0.297. The van der Waals surface area contributed by atoms with Gasteiger partial charge in [-0.15, -0.1) is 0 Å². The standard InChI is InChI=1S/C23H24ClN3O5/c1-25-21(30)19-10-15(29)11-27(19,2)23(17-8-13(12-28)4-7-20(17)32-3)16-9-14(24)5-6-18(16)26-22(23)31/h4-9,12,15,19,29H,10-11H2,1-3H3,(H-,25,26,30,31)/p+1/t15-,19+,23?,27?/m1/s1. The Bertz CT molecular complexity index is 1120. The van der Waals surface area contributed by atoms with Gasteiger partial charge in [0.05, 0.1) is 31.0 Å². The lowest BCUT2D eigenvalue weighted by molar-refractivity contribution is -0.953. The lowest BCUT2D eigenvalue weighted by Gasteiger charge is -2.48. The zero-order valence-electron chi connectivity index (χ0n) is 18.0. The molecule has 1 saturated heterocycles. The Morgan fingerprint density at radius 1 is 1.31 bits per heavy atom. The van der Waals surface area contributed by atoms with Crippen molar-refractivity contribution in [1.29, 1.82) is 0 Å². The molecule has 8 nitrogen and oxygen atoms in total. The number of nitrogens with one attached hydrogen (secondary N) is 2. The Hall–Kier alpha value is -2.94. The first-order valence-corrected chi connectivity index (χ1v) is 10.6. The monoisotopic (exact) mass is 458 g/mol. The molecular weight excluding hydrogens is 434 g/mol. The number of halogens is 1. The molecular formula is C23H25ClN3O5+. The van der Waals surface area contributed by atoms with Gasteiger partial charge in [0.2, 0.25) is 5.54 Å². The van der Waals surface area contributed by atoms with Crippen LogP contribution >= 0.6 is 11.6 Å². The zero-order valence-corrected chi connectivity index (χ0v) is 18.8. The molecule has 3 N–H and O–H groups in total. The van der Waals surface area contributed by atoms with Crippen molar-refractivity contribution in [3.8, 4) is 5.75 Å². The fourth-order valence-electron chi connectivity index (χ4n) is 5.42. The molecule has 0 aromatic heterocycles. The maximum atomic E-state index is 14.0. The van der Waals surface area contributed by atoms with Crippen LogP contribution in [-0.2, 0) is 15.1 Å². The van der Waals surface area contributed by atoms with E-state index in [0.29, 0.717) is 39.4 Å². The number of anilines is 1. The van der Waals surface area contributed by atoms with Crippen LogP contribution in [0, 0.1) is 0 Å². The van der Waals surface area contributed by atoms with Gasteiger partial charge in [0.15, 0.2) is 6.04 Å². The van der Waals surface area contributed by atoms with Crippen molar-refractivity contribution in [3.05, 3.63) is 58.1 Å². The smallest absolute Gasteiger partial charge is 0.295 e. The van der Waals surface area contributed by atoms with E-state index in [4.69, 9.17) is 16.3 Å². The fraction of sp³-hybridized carbons (Fsp3) is 0.348. The number of methoxy groups -OCH3 is 1. The molecule has 2 aromatic rings. The van der Waals surface area contributed by atoms with Crippen molar-refractivity contribution in [2.24, 2.45) is 0 Å². The molecule has 0 radical (unpaired) electrons. The van der Waals surface area contributed by atoms with Crippen molar-refractivity contribution in [2.45, 2.75) is 24.1 Å². The quantitative estimate of drug-likeness (QED) is 0.467. The second-order valence-electron chi connectivity index (χ2n) is 8.40. The number of aliphatic hydroxyl groups excluding tert-OH is 1. The summed E-state index contributed by atoms with van der Waals surface area (Å²) in [5.41, 5.74) is 0.385. The van der Waals surface area contributed by atoms with Gasteiger partial charge in [0.1, 0.15) is 24.7 Å². The Kier molecular flexibility index (Phi) is 5.48. The normalized spacial score (nSPS) is 28.7. The molecule has 0 spiro atoms. The fourth-order valence-corrected chi connectivity index (χ4v) is 5.60. The minimum atomic E-state index is -1.50. The maximum Gasteiger partial charge on any atom is 0.295 e. The number of likely N-dealkylation sites (tertiary alicyclic amines) is 1. The Labute approximate surface area is 190 Å². The number of fused-ring (bicyclic) bond motifs is 1. The largest absolute Gasteiger partial charge is 0.496 e. The zero-order chi connectivity index (χ0) is 23.3. The van der Waals surface area contributed by atoms with Crippen molar-refractivity contribution in [3.63, 3.8) is 0 Å². The lowest BCUT2D eigenvalue weighted by Crippen LogP contribution is -2.68. The molecule has 0 saturated carbocycles. The number of carbonyl (C=O) groups is 3. The number of carbonyl (C=O) groups excluding carboxylic acids is 3. The van der Waals surface area contributed by atoms with Crippen LogP contribution in [0.15, 0.2) is 36.4 Å². The van der Waals surface area contributed by atoms with Crippen molar-refractivity contribution >= 4 is 35.4 Å². The molecule has 2 aromatic carbocycles. The van der Waals surface area contributed by atoms with Crippen molar-refractivity contribution < 1.29 is 28.7 Å². The Morgan fingerprint density at radius 3 is 2.72 bits per heavy atom. The van der Waals surface area contributed by atoms with E-state index in [1.54, 1.807) is 43.4 Å². The van der Waals surface area contributed by atoms with Crippen LogP contribution < -0.4 is 15.4 Å². The second kappa shape index (κ2) is 7.88. The highest BCUT2D eigenvalue weighted by atomic mass is 35.5. The first-order chi connectivity index (χ1) is 15.2. The first kappa shape index (κ1) is 22.3. The predicted octanol–water partition coefficient (Wildman–Crippen LogP) is 1.68. The van der Waals surface area contributed by atoms with E-state index in [9.17, 15) is 19.5 Å². The molecule has 0 aliphatic carbocycles. The van der Waals surface area contributed by atoms with Crippen LogP contribution in [-0.4, -0.2) is 67.6 Å². The highest BCUT2D eigenvalue weighted by Gasteiger charge is 2.68. The molecule has 1 fully saturated rings. The third kappa shape index (κ3) is 2.94. The molecule has 2 heterocycles. The van der Waals surface area contributed by atoms with E-state index in [0.717, 1.165) is 0 Å². The van der Waals surface area contributed by atoms with Crippen LogP contribution in [0.4, 0.5) is 5.69 Å². The Morgan fingerprint density at radius 2 is 2.06 bits per heavy atom. The number of nitrogens with zero attached hydrogens (tertiary/aromatic N) is 1. The van der Waals surface area contributed by atoms with E-state index in [1.165, 1.54) is 14.2 Å². The number of amides is 2. The molecule has 9 heteroatoms. The summed E-state index contributed by atoms with van der Waals surface area (Å²) in [5, 5.41) is 16.7. The lowest BCUT2D eigenvalue weighted by atomic mass is 9.78. The minimum absolute atomic E-state index is 0.131. The number of hydrogen-bond acceptors (Lipinski definition) is 5. The minimum Gasteiger partial charge on any atom is -0.496 e. The highest BCUT2D eigenvalue weighted by molar-refractivity contribution is 6.31. The van der Waals surface area contributed by atoms with E-state index in [1.807, 2.05) is 0 Å². The third-order valence-electron chi connectivity index (χ3n) is 6.79. The average Bonchev–Trinajstić information content (AvgIpc) is 3.25. The number of aldehydes is 1. The number of quaternary nitrogens is 1. The summed E-state index contributed by atoms with van der Waals surface area (Å²) < 4.78 is 5.48. The molecule has 32 heavy (non-hydrogen) atoms. The van der Waals surface area contributed by atoms with Gasteiger partial charge < -0.3 is 20.5 Å². The van der Waals surface area contributed by atoms with Gasteiger partial charge >= 0.3 is 0 Å². The molecule has 4 atom stereocenters. The number of likely N-dealkylation sites (N-methyl/N-ethyl adjacent to an activating group) is 2. The van der Waals surface area contributed by atoms with Crippen LogP contribution in [0.5, 0.6) is 5.75 Å². The average molecular weight is 459 g/mol. The van der Waals surface area contributed by atoms with E-state index >= 15 is 0 Å². The van der Waals surface area contributed by atoms with E-state index in [2.05, 4.69) is 10.6 Å². The van der Waals surface area contributed by atoms with E-state index in [-0.39, 0.29) is 29.3 Å². The Balaban J connectivity index is 2.14. The highest BCUT2D eigenvalue weighted by Crippen LogP contribution is 2.55. The van der Waals surface area contributed by atoms with Crippen LogP contribution in [0.1, 0.15) is 27.9 Å². The number of ether oxygens (including phenoxy) is 1. The summed E-state index contributed by atoms with van der Waals surface area (Å²) in [6.45, 7) is 0.131. The molecule has 4 rings (SSSR count). The summed E-state index contributed by atoms with van der Waals surface area (Å²) in [6.07, 6.45) is 0.0595. The number of rotatable bonds is 5. The van der Waals surface area contributed by atoms with Gasteiger partial charge in [-0.25, -0.2) is 0 Å².